The van der Waals surface area contributed by atoms with E-state index >= 15 is 0 Å². The summed E-state index contributed by atoms with van der Waals surface area (Å²) in [6.07, 6.45) is 0. The lowest BCUT2D eigenvalue weighted by molar-refractivity contribution is -0.126. The maximum absolute atomic E-state index is 12.9. The second-order valence-corrected chi connectivity index (χ2v) is 6.12. The lowest BCUT2D eigenvalue weighted by Crippen LogP contribution is -2.49. The van der Waals surface area contributed by atoms with Crippen LogP contribution in [-0.2, 0) is 11.3 Å². The number of halogens is 2. The second kappa shape index (κ2) is 8.83. The highest BCUT2D eigenvalue weighted by Crippen LogP contribution is 2.22. The topological polar surface area (TPSA) is 50.4 Å². The van der Waals surface area contributed by atoms with Gasteiger partial charge < -0.3 is 15.4 Å². The van der Waals surface area contributed by atoms with Crippen LogP contribution in [0.5, 0.6) is 11.5 Å². The lowest BCUT2D eigenvalue weighted by Gasteiger charge is -2.31. The van der Waals surface area contributed by atoms with E-state index in [9.17, 15) is 9.18 Å². The average molecular weight is 365 g/mol. The van der Waals surface area contributed by atoms with Crippen LogP contribution >= 0.6 is 12.4 Å². The van der Waals surface area contributed by atoms with Crippen LogP contribution in [0.1, 0.15) is 12.5 Å². The minimum atomic E-state index is -0.291. The van der Waals surface area contributed by atoms with E-state index in [4.69, 9.17) is 4.74 Å². The first-order valence-electron chi connectivity index (χ1n) is 8.12. The van der Waals surface area contributed by atoms with Crippen LogP contribution in [0.25, 0.3) is 0 Å². The average Bonchev–Trinajstić information content (AvgIpc) is 2.54. The maximum Gasteiger partial charge on any atom is 0.223 e. The lowest BCUT2D eigenvalue weighted by atomic mass is 9.88. The molecule has 0 bridgehead atoms. The largest absolute Gasteiger partial charge is 0.457 e. The maximum atomic E-state index is 12.9. The Morgan fingerprint density at radius 3 is 2.24 bits per heavy atom. The zero-order valence-corrected chi connectivity index (χ0v) is 14.8. The number of amides is 1. The van der Waals surface area contributed by atoms with Crippen molar-refractivity contribution >= 4 is 18.3 Å². The van der Waals surface area contributed by atoms with Crippen molar-refractivity contribution in [3.63, 3.8) is 0 Å². The fraction of sp³-hybridized carbons (Fsp3) is 0.316. The third-order valence-corrected chi connectivity index (χ3v) is 4.37. The van der Waals surface area contributed by atoms with Crippen LogP contribution in [0.2, 0.25) is 0 Å². The molecule has 1 atom stereocenters. The number of nitrogens with one attached hydrogen (secondary N) is 2. The first-order chi connectivity index (χ1) is 11.6. The van der Waals surface area contributed by atoms with Gasteiger partial charge in [-0.2, -0.15) is 0 Å². The summed E-state index contributed by atoms with van der Waals surface area (Å²) in [6, 6.07) is 13.4. The molecule has 1 heterocycles. The summed E-state index contributed by atoms with van der Waals surface area (Å²) >= 11 is 0. The summed E-state index contributed by atoms with van der Waals surface area (Å²) in [5.41, 5.74) is 1.01. The minimum Gasteiger partial charge on any atom is -0.457 e. The molecular formula is C19H22ClFN2O2. The van der Waals surface area contributed by atoms with Gasteiger partial charge in [-0.3, -0.25) is 4.79 Å². The highest BCUT2D eigenvalue weighted by Gasteiger charge is 2.28. The molecule has 134 valence electrons. The van der Waals surface area contributed by atoms with Crippen molar-refractivity contribution in [1.29, 1.82) is 0 Å². The number of carbonyl (C=O) groups excluding carboxylic acids is 1. The van der Waals surface area contributed by atoms with Crippen molar-refractivity contribution in [2.24, 2.45) is 11.8 Å². The zero-order valence-electron chi connectivity index (χ0n) is 14.0. The van der Waals surface area contributed by atoms with E-state index < -0.39 is 0 Å². The first kappa shape index (κ1) is 19.2. The van der Waals surface area contributed by atoms with Gasteiger partial charge in [-0.1, -0.05) is 19.1 Å². The molecule has 2 aromatic rings. The Morgan fingerprint density at radius 2 is 1.72 bits per heavy atom. The Bertz CT molecular complexity index is 688. The van der Waals surface area contributed by atoms with E-state index in [2.05, 4.69) is 10.6 Å². The van der Waals surface area contributed by atoms with Crippen molar-refractivity contribution in [2.75, 3.05) is 13.1 Å². The summed E-state index contributed by atoms with van der Waals surface area (Å²) < 4.78 is 18.5. The molecule has 2 aromatic carbocycles. The van der Waals surface area contributed by atoms with Gasteiger partial charge >= 0.3 is 0 Å². The molecule has 0 aromatic heterocycles. The van der Waals surface area contributed by atoms with Gasteiger partial charge in [-0.25, -0.2) is 4.39 Å². The number of hydrogen-bond donors (Lipinski definition) is 2. The van der Waals surface area contributed by atoms with Crippen molar-refractivity contribution in [1.82, 2.24) is 10.6 Å². The zero-order chi connectivity index (χ0) is 16.9. The Hall–Kier alpha value is -2.11. The second-order valence-electron chi connectivity index (χ2n) is 6.12. The molecule has 1 aliphatic heterocycles. The predicted octanol–water partition coefficient (Wildman–Crippen LogP) is 3.51. The molecule has 6 heteroatoms. The number of ether oxygens (including phenoxy) is 1. The van der Waals surface area contributed by atoms with Gasteiger partial charge in [0.25, 0.3) is 0 Å². The van der Waals surface area contributed by atoms with Crippen LogP contribution in [0, 0.1) is 17.7 Å². The highest BCUT2D eigenvalue weighted by atomic mass is 35.5. The molecule has 0 saturated carbocycles. The van der Waals surface area contributed by atoms with Gasteiger partial charge in [-0.05, 0) is 61.0 Å². The molecule has 1 aliphatic rings. The molecule has 1 amide bonds. The van der Waals surface area contributed by atoms with E-state index in [1.165, 1.54) is 12.1 Å². The van der Waals surface area contributed by atoms with E-state index in [1.807, 2.05) is 31.2 Å². The highest BCUT2D eigenvalue weighted by molar-refractivity contribution is 5.85. The van der Waals surface area contributed by atoms with Crippen molar-refractivity contribution in [2.45, 2.75) is 13.5 Å². The first-order valence-corrected chi connectivity index (χ1v) is 8.12. The number of hydrogen-bond acceptors (Lipinski definition) is 3. The van der Waals surface area contributed by atoms with E-state index in [0.717, 1.165) is 18.7 Å². The molecule has 1 saturated heterocycles. The predicted molar refractivity (Wildman–Crippen MR) is 97.5 cm³/mol. The van der Waals surface area contributed by atoms with Crippen LogP contribution in [0.3, 0.4) is 0 Å². The monoisotopic (exact) mass is 364 g/mol. The number of carbonyl (C=O) groups is 1. The number of benzene rings is 2. The van der Waals surface area contributed by atoms with Gasteiger partial charge in [0.2, 0.25) is 5.91 Å². The molecule has 25 heavy (non-hydrogen) atoms. The third-order valence-electron chi connectivity index (χ3n) is 4.37. The van der Waals surface area contributed by atoms with Gasteiger partial charge in [0, 0.05) is 12.5 Å². The van der Waals surface area contributed by atoms with Crippen molar-refractivity contribution < 1.29 is 13.9 Å². The summed E-state index contributed by atoms with van der Waals surface area (Å²) in [6.45, 7) is 4.31. The standard InChI is InChI=1S/C19H21FN2O2.ClH/c1-13(15-11-21-12-15)19(23)22-10-14-2-6-17(7-3-14)24-18-8-4-16(20)5-9-18;/h2-9,13,15,21H,10-12H2,1H3,(H,22,23);1H. The quantitative estimate of drug-likeness (QED) is 0.824. The Kier molecular flexibility index (Phi) is 6.79. The normalized spacial score (nSPS) is 14.8. The fourth-order valence-electron chi connectivity index (χ4n) is 2.54. The van der Waals surface area contributed by atoms with Crippen molar-refractivity contribution in [3.8, 4) is 11.5 Å². The van der Waals surface area contributed by atoms with Gasteiger partial charge in [0.15, 0.2) is 0 Å². The van der Waals surface area contributed by atoms with E-state index in [1.54, 1.807) is 12.1 Å². The van der Waals surface area contributed by atoms with E-state index in [-0.39, 0.29) is 30.0 Å². The van der Waals surface area contributed by atoms with Crippen LogP contribution < -0.4 is 15.4 Å². The molecular weight excluding hydrogens is 343 g/mol. The minimum absolute atomic E-state index is 0. The Balaban J connectivity index is 0.00000225. The van der Waals surface area contributed by atoms with Gasteiger partial charge in [0.05, 0.1) is 0 Å². The van der Waals surface area contributed by atoms with Gasteiger partial charge in [-0.15, -0.1) is 12.4 Å². The summed E-state index contributed by atoms with van der Waals surface area (Å²) in [5, 5.41) is 6.16. The summed E-state index contributed by atoms with van der Waals surface area (Å²) in [4.78, 5) is 12.1. The molecule has 2 N–H and O–H groups in total. The fourth-order valence-corrected chi connectivity index (χ4v) is 2.54. The smallest absolute Gasteiger partial charge is 0.223 e. The summed E-state index contributed by atoms with van der Waals surface area (Å²) in [7, 11) is 0. The van der Waals surface area contributed by atoms with Crippen LogP contribution in [-0.4, -0.2) is 19.0 Å². The summed E-state index contributed by atoms with van der Waals surface area (Å²) in [5.74, 6) is 1.53. The van der Waals surface area contributed by atoms with E-state index in [0.29, 0.717) is 24.0 Å². The molecule has 1 fully saturated rings. The molecule has 0 spiro atoms. The third kappa shape index (κ3) is 5.18. The Morgan fingerprint density at radius 1 is 1.16 bits per heavy atom. The van der Waals surface area contributed by atoms with Crippen LogP contribution in [0.4, 0.5) is 4.39 Å². The van der Waals surface area contributed by atoms with Crippen molar-refractivity contribution in [3.05, 3.63) is 59.9 Å². The number of rotatable bonds is 6. The SMILES string of the molecule is CC(C(=O)NCc1ccc(Oc2ccc(F)cc2)cc1)C1CNC1.Cl. The van der Waals surface area contributed by atoms with Crippen LogP contribution in [0.15, 0.2) is 48.5 Å². The molecule has 1 unspecified atom stereocenters. The molecule has 3 rings (SSSR count). The van der Waals surface area contributed by atoms with Gasteiger partial charge in [0.1, 0.15) is 17.3 Å². The molecule has 4 nitrogen and oxygen atoms in total. The molecule has 0 radical (unpaired) electrons. The Labute approximate surface area is 153 Å². The molecule has 0 aliphatic carbocycles.